The second-order valence-corrected chi connectivity index (χ2v) is 8.98. The molecule has 0 N–H and O–H groups in total. The molecule has 0 saturated heterocycles. The van der Waals surface area contributed by atoms with Crippen molar-refractivity contribution < 1.29 is 19.1 Å². The van der Waals surface area contributed by atoms with Crippen LogP contribution in [-0.2, 0) is 19.1 Å². The zero-order valence-corrected chi connectivity index (χ0v) is 16.8. The van der Waals surface area contributed by atoms with Crippen LogP contribution in [-0.4, -0.2) is 18.2 Å². The molecular weight excluding hydrogens is 328 g/mol. The van der Waals surface area contributed by atoms with Crippen LogP contribution in [0.15, 0.2) is 23.3 Å². The Balaban J connectivity index is 1.79. The first-order chi connectivity index (χ1) is 12.2. The highest BCUT2D eigenvalue weighted by molar-refractivity contribution is 5.86. The van der Waals surface area contributed by atoms with Crippen LogP contribution in [0.1, 0.15) is 73.1 Å². The third kappa shape index (κ3) is 3.23. The van der Waals surface area contributed by atoms with Crippen LogP contribution in [0.5, 0.6) is 0 Å². The number of esters is 2. The third-order valence-corrected chi connectivity index (χ3v) is 7.65. The quantitative estimate of drug-likeness (QED) is 0.526. The van der Waals surface area contributed by atoms with Crippen LogP contribution in [0.2, 0.25) is 0 Å². The van der Waals surface area contributed by atoms with Crippen molar-refractivity contribution in [2.75, 3.05) is 0 Å². The van der Waals surface area contributed by atoms with E-state index in [0.29, 0.717) is 11.8 Å². The number of hydrogen-bond acceptors (Lipinski definition) is 4. The zero-order valence-electron chi connectivity index (χ0n) is 16.8. The van der Waals surface area contributed by atoms with E-state index >= 15 is 0 Å². The van der Waals surface area contributed by atoms with E-state index in [0.717, 1.165) is 24.8 Å². The van der Waals surface area contributed by atoms with E-state index in [1.807, 2.05) is 0 Å². The number of carbonyl (C=O) groups excluding carboxylic acids is 2. The molecule has 1 saturated carbocycles. The highest BCUT2D eigenvalue weighted by atomic mass is 16.7. The zero-order chi connectivity index (χ0) is 19.1. The molecule has 26 heavy (non-hydrogen) atoms. The topological polar surface area (TPSA) is 52.6 Å². The molecule has 0 amide bonds. The van der Waals surface area contributed by atoms with Gasteiger partial charge in [0.2, 0.25) is 0 Å². The Hall–Kier alpha value is -1.58. The Bertz CT molecular complexity index is 661. The van der Waals surface area contributed by atoms with Crippen LogP contribution in [0.3, 0.4) is 0 Å². The van der Waals surface area contributed by atoms with Gasteiger partial charge in [0, 0.05) is 18.6 Å². The highest BCUT2D eigenvalue weighted by Gasteiger charge is 2.53. The maximum atomic E-state index is 11.7. The minimum absolute atomic E-state index is 0.204. The summed E-state index contributed by atoms with van der Waals surface area (Å²) >= 11 is 0. The van der Waals surface area contributed by atoms with Gasteiger partial charge < -0.3 is 9.47 Å². The van der Waals surface area contributed by atoms with Crippen LogP contribution in [0.25, 0.3) is 0 Å². The first-order valence-corrected chi connectivity index (χ1v) is 9.92. The van der Waals surface area contributed by atoms with E-state index in [2.05, 4.69) is 33.8 Å². The fraction of sp³-hybridized carbons (Fsp3) is 0.727. The molecule has 3 rings (SSSR count). The molecule has 0 aromatic rings. The summed E-state index contributed by atoms with van der Waals surface area (Å²) in [6.07, 6.45) is 9.72. The molecule has 0 unspecified atom stereocenters. The van der Waals surface area contributed by atoms with E-state index in [1.54, 1.807) is 5.57 Å². The van der Waals surface area contributed by atoms with Gasteiger partial charge in [-0.3, -0.25) is 4.79 Å². The monoisotopic (exact) mass is 360 g/mol. The smallest absolute Gasteiger partial charge is 0.334 e. The van der Waals surface area contributed by atoms with Gasteiger partial charge >= 0.3 is 11.9 Å². The largest absolute Gasteiger partial charge is 0.421 e. The van der Waals surface area contributed by atoms with Gasteiger partial charge in [0.25, 0.3) is 6.29 Å². The Labute approximate surface area is 157 Å². The molecular formula is C22H32O4. The minimum atomic E-state index is -0.832. The van der Waals surface area contributed by atoms with Crippen molar-refractivity contribution in [2.45, 2.75) is 79.4 Å². The van der Waals surface area contributed by atoms with Gasteiger partial charge in [0.05, 0.1) is 0 Å². The van der Waals surface area contributed by atoms with Crippen molar-refractivity contribution in [3.8, 4) is 0 Å². The van der Waals surface area contributed by atoms with E-state index in [4.69, 9.17) is 9.47 Å². The van der Waals surface area contributed by atoms with Crippen molar-refractivity contribution in [3.63, 3.8) is 0 Å². The highest BCUT2D eigenvalue weighted by Crippen LogP contribution is 2.62. The molecule has 3 aliphatic rings. The molecule has 0 bridgehead atoms. The van der Waals surface area contributed by atoms with Crippen LogP contribution < -0.4 is 0 Å². The first kappa shape index (κ1) is 19.2. The van der Waals surface area contributed by atoms with Gasteiger partial charge in [-0.25, -0.2) is 4.79 Å². The molecule has 1 heterocycles. The molecule has 1 aliphatic heterocycles. The normalized spacial score (nSPS) is 39.6. The fourth-order valence-electron chi connectivity index (χ4n) is 5.62. The Morgan fingerprint density at radius 2 is 2.08 bits per heavy atom. The summed E-state index contributed by atoms with van der Waals surface area (Å²) in [5.41, 5.74) is 2.83. The Kier molecular flexibility index (Phi) is 5.06. The summed E-state index contributed by atoms with van der Waals surface area (Å²) in [4.78, 5) is 23.0. The van der Waals surface area contributed by atoms with Crippen LogP contribution >= 0.6 is 0 Å². The summed E-state index contributed by atoms with van der Waals surface area (Å²) < 4.78 is 10.3. The summed E-state index contributed by atoms with van der Waals surface area (Å²) in [7, 11) is 0. The fourth-order valence-corrected chi connectivity index (χ4v) is 5.62. The molecule has 144 valence electrons. The summed E-state index contributed by atoms with van der Waals surface area (Å²) in [6, 6.07) is 0. The van der Waals surface area contributed by atoms with E-state index in [1.165, 1.54) is 32.3 Å². The minimum Gasteiger partial charge on any atom is -0.421 e. The lowest BCUT2D eigenvalue weighted by Crippen LogP contribution is -2.49. The van der Waals surface area contributed by atoms with Crippen molar-refractivity contribution in [1.82, 2.24) is 0 Å². The SMILES string of the molecule is CC(=O)O[C@@H]1OC(=O)C=C1CC[C@@]1(C)[C@H](C)CC[C@@]2(C)C(C)=CCC[C@H]12. The van der Waals surface area contributed by atoms with E-state index in [-0.39, 0.29) is 10.8 Å². The van der Waals surface area contributed by atoms with Crippen LogP contribution in [0.4, 0.5) is 0 Å². The second kappa shape index (κ2) is 6.86. The average Bonchev–Trinajstić information content (AvgIpc) is 2.90. The summed E-state index contributed by atoms with van der Waals surface area (Å²) in [6.45, 7) is 10.9. The molecule has 0 radical (unpaired) electrons. The molecule has 1 fully saturated rings. The van der Waals surface area contributed by atoms with Gasteiger partial charge in [0.1, 0.15) is 0 Å². The van der Waals surface area contributed by atoms with Crippen LogP contribution in [0, 0.1) is 22.7 Å². The van der Waals surface area contributed by atoms with Crippen molar-refractivity contribution in [2.24, 2.45) is 22.7 Å². The number of cyclic esters (lactones) is 1. The van der Waals surface area contributed by atoms with Gasteiger partial charge in [-0.1, -0.05) is 32.4 Å². The van der Waals surface area contributed by atoms with E-state index in [9.17, 15) is 9.59 Å². The van der Waals surface area contributed by atoms with Crippen molar-refractivity contribution in [1.29, 1.82) is 0 Å². The standard InChI is InChI=1S/C22H32O4/c1-14-7-6-8-18-21(14,4)11-9-15(2)22(18,5)12-10-17-13-19(24)26-20(17)25-16(3)23/h7,13,15,18,20H,6,8-12H2,1-5H3/t15-,18+,20-,21+,22+/m1/s1. The number of carbonyl (C=O) groups is 2. The predicted molar refractivity (Wildman–Crippen MR) is 100 cm³/mol. The maximum Gasteiger partial charge on any atom is 0.334 e. The average molecular weight is 360 g/mol. The summed E-state index contributed by atoms with van der Waals surface area (Å²) in [5.74, 6) is 0.453. The lowest BCUT2D eigenvalue weighted by Gasteiger charge is -2.58. The number of hydrogen-bond donors (Lipinski definition) is 0. The molecule has 0 aromatic carbocycles. The number of fused-ring (bicyclic) bond motifs is 1. The molecule has 5 atom stereocenters. The number of allylic oxidation sites excluding steroid dienone is 2. The lowest BCUT2D eigenvalue weighted by molar-refractivity contribution is -0.172. The van der Waals surface area contributed by atoms with Gasteiger partial charge in [-0.05, 0) is 68.1 Å². The van der Waals surface area contributed by atoms with Crippen molar-refractivity contribution in [3.05, 3.63) is 23.3 Å². The number of rotatable bonds is 4. The Morgan fingerprint density at radius 3 is 2.77 bits per heavy atom. The van der Waals surface area contributed by atoms with E-state index < -0.39 is 18.2 Å². The molecule has 4 nitrogen and oxygen atoms in total. The van der Waals surface area contributed by atoms with Gasteiger partial charge in [-0.2, -0.15) is 0 Å². The first-order valence-electron chi connectivity index (χ1n) is 9.92. The lowest BCUT2D eigenvalue weighted by atomic mass is 9.47. The molecule has 0 aromatic heterocycles. The second-order valence-electron chi connectivity index (χ2n) is 8.98. The van der Waals surface area contributed by atoms with Gasteiger partial charge in [-0.15, -0.1) is 0 Å². The molecule has 2 aliphatic carbocycles. The summed E-state index contributed by atoms with van der Waals surface area (Å²) in [5, 5.41) is 0. The third-order valence-electron chi connectivity index (χ3n) is 7.65. The molecule has 4 heteroatoms. The predicted octanol–water partition coefficient (Wildman–Crippen LogP) is 4.94. The number of ether oxygens (including phenoxy) is 2. The maximum absolute atomic E-state index is 11.7. The van der Waals surface area contributed by atoms with Crippen molar-refractivity contribution >= 4 is 11.9 Å². The molecule has 0 spiro atoms. The Morgan fingerprint density at radius 1 is 1.35 bits per heavy atom. The van der Waals surface area contributed by atoms with Gasteiger partial charge in [0.15, 0.2) is 0 Å².